The number of anilines is 1. The maximum atomic E-state index is 12.0. The van der Waals surface area contributed by atoms with Gasteiger partial charge in [-0.3, -0.25) is 4.90 Å². The van der Waals surface area contributed by atoms with E-state index in [1.165, 1.54) is 4.90 Å². The fourth-order valence-corrected chi connectivity index (χ4v) is 2.86. The molecular formula is C19H20ClN3O4. The van der Waals surface area contributed by atoms with Crippen LogP contribution in [0, 0.1) is 0 Å². The van der Waals surface area contributed by atoms with Crippen molar-refractivity contribution in [3.63, 3.8) is 0 Å². The van der Waals surface area contributed by atoms with Crippen LogP contribution in [0.2, 0.25) is 5.02 Å². The van der Waals surface area contributed by atoms with Crippen molar-refractivity contribution in [2.45, 2.75) is 12.6 Å². The fraction of sp³-hybridized carbons (Fsp3) is 0.263. The van der Waals surface area contributed by atoms with E-state index >= 15 is 0 Å². The van der Waals surface area contributed by atoms with Gasteiger partial charge in [-0.2, -0.15) is 0 Å². The molecule has 8 heteroatoms. The lowest BCUT2D eigenvalue weighted by molar-refractivity contribution is 0.140. The number of urea groups is 1. The number of carbonyl (C=O) groups is 2. The van der Waals surface area contributed by atoms with E-state index < -0.39 is 12.2 Å². The molecule has 7 nitrogen and oxygen atoms in total. The van der Waals surface area contributed by atoms with Gasteiger partial charge in [-0.05, 0) is 35.9 Å². The molecule has 0 aromatic heterocycles. The zero-order valence-corrected chi connectivity index (χ0v) is 15.5. The number of rotatable bonds is 6. The number of halogens is 1. The molecule has 1 unspecified atom stereocenters. The largest absolute Gasteiger partial charge is 0.497 e. The number of carbonyl (C=O) groups excluding carboxylic acids is 2. The Morgan fingerprint density at radius 3 is 2.74 bits per heavy atom. The zero-order chi connectivity index (χ0) is 19.2. The number of methoxy groups -OCH3 is 1. The Hall–Kier alpha value is -2.93. The topological polar surface area (TPSA) is 79.9 Å². The summed E-state index contributed by atoms with van der Waals surface area (Å²) in [6, 6.07) is 14.1. The molecule has 1 fully saturated rings. The molecule has 1 atom stereocenters. The van der Waals surface area contributed by atoms with E-state index in [-0.39, 0.29) is 12.6 Å². The normalized spacial score (nSPS) is 16.0. The van der Waals surface area contributed by atoms with Crippen LogP contribution in [-0.2, 0) is 11.3 Å². The molecule has 142 valence electrons. The second-order valence-electron chi connectivity index (χ2n) is 6.01. The minimum Gasteiger partial charge on any atom is -0.497 e. The summed E-state index contributed by atoms with van der Waals surface area (Å²) in [4.78, 5) is 25.5. The summed E-state index contributed by atoms with van der Waals surface area (Å²) in [6.07, 6.45) is -0.883. The van der Waals surface area contributed by atoms with Crippen molar-refractivity contribution in [3.8, 4) is 5.75 Å². The Labute approximate surface area is 162 Å². The highest BCUT2D eigenvalue weighted by atomic mass is 35.5. The maximum Gasteiger partial charge on any atom is 0.414 e. The first kappa shape index (κ1) is 18.8. The molecule has 2 N–H and O–H groups in total. The summed E-state index contributed by atoms with van der Waals surface area (Å²) in [7, 11) is 1.60. The summed E-state index contributed by atoms with van der Waals surface area (Å²) >= 11 is 5.96. The van der Waals surface area contributed by atoms with Crippen molar-refractivity contribution in [1.82, 2.24) is 10.6 Å². The van der Waals surface area contributed by atoms with Crippen molar-refractivity contribution in [2.75, 3.05) is 25.1 Å². The van der Waals surface area contributed by atoms with E-state index in [1.54, 1.807) is 31.4 Å². The molecule has 1 heterocycles. The smallest absolute Gasteiger partial charge is 0.414 e. The summed E-state index contributed by atoms with van der Waals surface area (Å²) in [6.45, 7) is 0.949. The fourth-order valence-electron chi connectivity index (χ4n) is 2.68. The molecule has 0 radical (unpaired) electrons. The van der Waals surface area contributed by atoms with Gasteiger partial charge in [0.05, 0.1) is 20.2 Å². The van der Waals surface area contributed by atoms with Crippen LogP contribution >= 0.6 is 11.6 Å². The number of ether oxygens (including phenoxy) is 2. The lowest BCUT2D eigenvalue weighted by Gasteiger charge is -2.13. The zero-order valence-electron chi connectivity index (χ0n) is 14.8. The third-order valence-electron chi connectivity index (χ3n) is 4.10. The minimum atomic E-state index is -0.456. The molecule has 1 aliphatic heterocycles. The highest BCUT2D eigenvalue weighted by molar-refractivity contribution is 6.30. The minimum absolute atomic E-state index is 0.219. The van der Waals surface area contributed by atoms with Crippen molar-refractivity contribution in [2.24, 2.45) is 0 Å². The van der Waals surface area contributed by atoms with Gasteiger partial charge in [0.2, 0.25) is 0 Å². The first-order chi connectivity index (χ1) is 13.0. The van der Waals surface area contributed by atoms with Crippen molar-refractivity contribution < 1.29 is 19.1 Å². The van der Waals surface area contributed by atoms with E-state index in [0.29, 0.717) is 23.8 Å². The molecule has 1 saturated heterocycles. The number of benzene rings is 2. The van der Waals surface area contributed by atoms with Crippen LogP contribution in [0.25, 0.3) is 0 Å². The molecule has 27 heavy (non-hydrogen) atoms. The average molecular weight is 390 g/mol. The van der Waals surface area contributed by atoms with Crippen molar-refractivity contribution in [3.05, 3.63) is 59.1 Å². The van der Waals surface area contributed by atoms with Gasteiger partial charge in [0, 0.05) is 17.3 Å². The Balaban J connectivity index is 1.44. The predicted octanol–water partition coefficient (Wildman–Crippen LogP) is 3.17. The Morgan fingerprint density at radius 2 is 2.04 bits per heavy atom. The van der Waals surface area contributed by atoms with Gasteiger partial charge in [-0.1, -0.05) is 29.8 Å². The number of cyclic esters (lactones) is 1. The van der Waals surface area contributed by atoms with E-state index in [4.69, 9.17) is 21.1 Å². The second kappa shape index (κ2) is 8.64. The molecule has 0 spiro atoms. The quantitative estimate of drug-likeness (QED) is 0.795. The van der Waals surface area contributed by atoms with E-state index in [1.807, 2.05) is 24.3 Å². The van der Waals surface area contributed by atoms with Crippen LogP contribution < -0.4 is 20.3 Å². The van der Waals surface area contributed by atoms with Crippen LogP contribution in [0.5, 0.6) is 5.75 Å². The van der Waals surface area contributed by atoms with Crippen molar-refractivity contribution in [1.29, 1.82) is 0 Å². The third kappa shape index (κ3) is 5.04. The van der Waals surface area contributed by atoms with Gasteiger partial charge in [-0.15, -0.1) is 0 Å². The Kier molecular flexibility index (Phi) is 6.03. The maximum absolute atomic E-state index is 12.0. The molecule has 3 amide bonds. The predicted molar refractivity (Wildman–Crippen MR) is 102 cm³/mol. The summed E-state index contributed by atoms with van der Waals surface area (Å²) in [5.41, 5.74) is 1.62. The number of hydrogen-bond donors (Lipinski definition) is 2. The van der Waals surface area contributed by atoms with E-state index in [2.05, 4.69) is 10.6 Å². The Morgan fingerprint density at radius 1 is 1.26 bits per heavy atom. The molecule has 0 bridgehead atoms. The van der Waals surface area contributed by atoms with E-state index in [0.717, 1.165) is 11.3 Å². The Bertz CT molecular complexity index is 813. The molecule has 2 aromatic carbocycles. The molecule has 0 saturated carbocycles. The summed E-state index contributed by atoms with van der Waals surface area (Å²) in [5.74, 6) is 0.760. The highest BCUT2D eigenvalue weighted by Gasteiger charge is 2.32. The average Bonchev–Trinajstić information content (AvgIpc) is 3.06. The van der Waals surface area contributed by atoms with Gasteiger partial charge >= 0.3 is 12.1 Å². The SMILES string of the molecule is COc1ccc(CNC(=O)NCC2CN(c3cccc(Cl)c3)C(=O)O2)cc1. The van der Waals surface area contributed by atoms with Crippen LogP contribution in [0.3, 0.4) is 0 Å². The number of amides is 3. The van der Waals surface area contributed by atoms with Gasteiger partial charge < -0.3 is 20.1 Å². The van der Waals surface area contributed by atoms with Crippen LogP contribution in [0.4, 0.5) is 15.3 Å². The summed E-state index contributed by atoms with van der Waals surface area (Å²) in [5, 5.41) is 6.02. The number of nitrogens with zero attached hydrogens (tertiary/aromatic N) is 1. The summed E-state index contributed by atoms with van der Waals surface area (Å²) < 4.78 is 10.4. The first-order valence-corrected chi connectivity index (χ1v) is 8.81. The monoisotopic (exact) mass is 389 g/mol. The lowest BCUT2D eigenvalue weighted by Crippen LogP contribution is -2.40. The van der Waals surface area contributed by atoms with Gasteiger partial charge in [0.25, 0.3) is 0 Å². The second-order valence-corrected chi connectivity index (χ2v) is 6.44. The van der Waals surface area contributed by atoms with Gasteiger partial charge in [0.1, 0.15) is 11.9 Å². The molecule has 1 aliphatic rings. The lowest BCUT2D eigenvalue weighted by atomic mass is 10.2. The standard InChI is InChI=1S/C19H20ClN3O4/c1-26-16-7-5-13(6-8-16)10-21-18(24)22-11-17-12-23(19(25)27-17)15-4-2-3-14(20)9-15/h2-9,17H,10-12H2,1H3,(H2,21,22,24). The highest BCUT2D eigenvalue weighted by Crippen LogP contribution is 2.24. The van der Waals surface area contributed by atoms with Crippen LogP contribution in [-0.4, -0.2) is 38.4 Å². The number of nitrogens with one attached hydrogen (secondary N) is 2. The van der Waals surface area contributed by atoms with Crippen molar-refractivity contribution >= 4 is 29.4 Å². The molecule has 0 aliphatic carbocycles. The van der Waals surface area contributed by atoms with Crippen LogP contribution in [0.1, 0.15) is 5.56 Å². The van der Waals surface area contributed by atoms with E-state index in [9.17, 15) is 9.59 Å². The molecule has 2 aromatic rings. The molecular weight excluding hydrogens is 370 g/mol. The van der Waals surface area contributed by atoms with Gasteiger partial charge in [-0.25, -0.2) is 9.59 Å². The molecule has 3 rings (SSSR count). The third-order valence-corrected chi connectivity index (χ3v) is 4.33. The number of hydrogen-bond acceptors (Lipinski definition) is 4. The van der Waals surface area contributed by atoms with Gasteiger partial charge in [0.15, 0.2) is 0 Å². The first-order valence-electron chi connectivity index (χ1n) is 8.43. The van der Waals surface area contributed by atoms with Crippen LogP contribution in [0.15, 0.2) is 48.5 Å².